The number of cyclic esters (lactones) is 1. The standard InChI is InChI=1S/C14H11N2O5/c15-8-1-4-10(5-2-8)21-16(19)9-3-6-11-12(7-9)14(18)20-13(11)17/h1-7,13,17H,15H2/q-1. The smallest absolute Gasteiger partial charge is 0.341 e. The SMILES string of the molecule is Nc1ccc(ON([O-])c2ccc3c(c2)C(=O)OC3O)cc1. The number of hydrogen-bond acceptors (Lipinski definition) is 7. The van der Waals surface area contributed by atoms with Gasteiger partial charge in [-0.1, -0.05) is 0 Å². The summed E-state index contributed by atoms with van der Waals surface area (Å²) in [6, 6.07) is 10.5. The monoisotopic (exact) mass is 287 g/mol. The van der Waals surface area contributed by atoms with Gasteiger partial charge < -0.3 is 25.6 Å². The Morgan fingerprint density at radius 3 is 2.67 bits per heavy atom. The summed E-state index contributed by atoms with van der Waals surface area (Å²) in [5.41, 5.74) is 6.66. The second-order valence-corrected chi connectivity index (χ2v) is 4.45. The third-order valence-electron chi connectivity index (χ3n) is 3.02. The van der Waals surface area contributed by atoms with Crippen molar-refractivity contribution in [3.8, 4) is 5.75 Å². The highest BCUT2D eigenvalue weighted by atomic mass is 16.9. The molecule has 3 rings (SSSR count). The Bertz CT molecular complexity index is 686. The normalized spacial score (nSPS) is 16.3. The van der Waals surface area contributed by atoms with Crippen LogP contribution in [-0.2, 0) is 4.74 Å². The van der Waals surface area contributed by atoms with E-state index in [0.29, 0.717) is 17.0 Å². The van der Waals surface area contributed by atoms with Crippen molar-refractivity contribution in [1.29, 1.82) is 0 Å². The zero-order chi connectivity index (χ0) is 15.0. The molecule has 0 bridgehead atoms. The molecule has 0 aliphatic carbocycles. The molecular weight excluding hydrogens is 276 g/mol. The lowest BCUT2D eigenvalue weighted by molar-refractivity contribution is -0.0547. The van der Waals surface area contributed by atoms with Crippen molar-refractivity contribution in [2.75, 3.05) is 11.0 Å². The molecule has 0 saturated heterocycles. The van der Waals surface area contributed by atoms with Gasteiger partial charge >= 0.3 is 5.97 Å². The number of aliphatic hydroxyl groups is 1. The van der Waals surface area contributed by atoms with Crippen LogP contribution in [0.5, 0.6) is 5.75 Å². The number of nitrogen functional groups attached to an aromatic ring is 1. The van der Waals surface area contributed by atoms with Gasteiger partial charge in [-0.15, -0.1) is 0 Å². The highest BCUT2D eigenvalue weighted by Crippen LogP contribution is 2.31. The van der Waals surface area contributed by atoms with Crippen LogP contribution in [0.2, 0.25) is 0 Å². The molecule has 1 unspecified atom stereocenters. The van der Waals surface area contributed by atoms with Gasteiger partial charge in [0.2, 0.25) is 6.29 Å². The average Bonchev–Trinajstić information content (AvgIpc) is 2.76. The van der Waals surface area contributed by atoms with E-state index >= 15 is 0 Å². The van der Waals surface area contributed by atoms with E-state index in [1.165, 1.54) is 18.2 Å². The first kappa shape index (κ1) is 13.2. The first-order valence-electron chi connectivity index (χ1n) is 6.08. The lowest BCUT2D eigenvalue weighted by Gasteiger charge is -2.29. The number of aliphatic hydroxyl groups excluding tert-OH is 1. The summed E-state index contributed by atoms with van der Waals surface area (Å²) in [5, 5.41) is 21.7. The average molecular weight is 287 g/mol. The lowest BCUT2D eigenvalue weighted by Crippen LogP contribution is -2.19. The van der Waals surface area contributed by atoms with Crippen molar-refractivity contribution < 1.29 is 19.5 Å². The molecule has 0 amide bonds. The fourth-order valence-electron chi connectivity index (χ4n) is 1.96. The van der Waals surface area contributed by atoms with E-state index in [4.69, 9.17) is 10.6 Å². The predicted molar refractivity (Wildman–Crippen MR) is 74.1 cm³/mol. The fraction of sp³-hybridized carbons (Fsp3) is 0.0714. The Hall–Kier alpha value is -2.77. The van der Waals surface area contributed by atoms with E-state index in [2.05, 4.69) is 4.74 Å². The zero-order valence-electron chi connectivity index (χ0n) is 10.7. The van der Waals surface area contributed by atoms with Gasteiger partial charge in [-0.3, -0.25) is 5.23 Å². The summed E-state index contributed by atoms with van der Waals surface area (Å²) < 4.78 is 4.64. The predicted octanol–water partition coefficient (Wildman–Crippen LogP) is 1.73. The van der Waals surface area contributed by atoms with Crippen molar-refractivity contribution in [2.45, 2.75) is 6.29 Å². The minimum Gasteiger partial charge on any atom is -0.724 e. The van der Waals surface area contributed by atoms with E-state index in [9.17, 15) is 15.1 Å². The molecule has 1 aliphatic heterocycles. The molecule has 2 aromatic carbocycles. The largest absolute Gasteiger partial charge is 0.724 e. The number of carbonyl (C=O) groups is 1. The second-order valence-electron chi connectivity index (χ2n) is 4.45. The second kappa shape index (κ2) is 4.97. The molecule has 108 valence electrons. The molecule has 2 aromatic rings. The third-order valence-corrected chi connectivity index (χ3v) is 3.02. The van der Waals surface area contributed by atoms with E-state index in [1.807, 2.05) is 0 Å². The molecule has 0 fully saturated rings. The van der Waals surface area contributed by atoms with Gasteiger partial charge in [-0.05, 0) is 42.5 Å². The van der Waals surface area contributed by atoms with E-state index in [0.717, 1.165) is 0 Å². The van der Waals surface area contributed by atoms with Gasteiger partial charge in [-0.25, -0.2) is 4.79 Å². The van der Waals surface area contributed by atoms with Crippen LogP contribution in [-0.4, -0.2) is 11.1 Å². The Morgan fingerprint density at radius 2 is 1.95 bits per heavy atom. The van der Waals surface area contributed by atoms with Gasteiger partial charge in [-0.2, -0.15) is 0 Å². The van der Waals surface area contributed by atoms with Crippen LogP contribution in [0, 0.1) is 5.21 Å². The number of fused-ring (bicyclic) bond motifs is 1. The lowest BCUT2D eigenvalue weighted by atomic mass is 10.1. The summed E-state index contributed by atoms with van der Waals surface area (Å²) >= 11 is 0. The maximum absolute atomic E-state index is 11.9. The Balaban J connectivity index is 1.82. The number of benzene rings is 2. The molecule has 3 N–H and O–H groups in total. The number of rotatable bonds is 3. The number of ether oxygens (including phenoxy) is 1. The highest BCUT2D eigenvalue weighted by molar-refractivity contribution is 5.94. The number of nitrogens with zero attached hydrogens (tertiary/aromatic N) is 1. The number of esters is 1. The molecule has 0 saturated carbocycles. The summed E-state index contributed by atoms with van der Waals surface area (Å²) in [4.78, 5) is 16.6. The van der Waals surface area contributed by atoms with Gasteiger partial charge in [0, 0.05) is 11.3 Å². The van der Waals surface area contributed by atoms with Crippen molar-refractivity contribution in [3.05, 3.63) is 58.8 Å². The van der Waals surface area contributed by atoms with E-state index in [1.54, 1.807) is 24.3 Å². The molecule has 1 atom stereocenters. The summed E-state index contributed by atoms with van der Waals surface area (Å²) in [7, 11) is 0. The maximum Gasteiger partial charge on any atom is 0.341 e. The topological polar surface area (TPSA) is 108 Å². The van der Waals surface area contributed by atoms with Crippen LogP contribution in [0.3, 0.4) is 0 Å². The third kappa shape index (κ3) is 2.47. The summed E-state index contributed by atoms with van der Waals surface area (Å²) in [6.07, 6.45) is -1.29. The van der Waals surface area contributed by atoms with Crippen LogP contribution >= 0.6 is 0 Å². The molecule has 1 heterocycles. The maximum atomic E-state index is 11.9. The Labute approximate surface area is 119 Å². The van der Waals surface area contributed by atoms with Gasteiger partial charge in [0.15, 0.2) is 5.75 Å². The number of anilines is 2. The number of carbonyl (C=O) groups excluding carboxylic acids is 1. The van der Waals surface area contributed by atoms with E-state index in [-0.39, 0.29) is 16.5 Å². The fourth-order valence-corrected chi connectivity index (χ4v) is 1.96. The summed E-state index contributed by atoms with van der Waals surface area (Å²) in [6.45, 7) is 0. The minimum absolute atomic E-state index is 0.108. The van der Waals surface area contributed by atoms with Crippen LogP contribution in [0.15, 0.2) is 42.5 Å². The van der Waals surface area contributed by atoms with Crippen LogP contribution in [0.4, 0.5) is 11.4 Å². The number of nitrogens with two attached hydrogens (primary N) is 1. The number of hydrogen-bond donors (Lipinski definition) is 2. The van der Waals surface area contributed by atoms with Crippen molar-refractivity contribution in [3.63, 3.8) is 0 Å². The van der Waals surface area contributed by atoms with Gasteiger partial charge in [0.1, 0.15) is 0 Å². The van der Waals surface area contributed by atoms with Gasteiger partial charge in [0.25, 0.3) is 0 Å². The Morgan fingerprint density at radius 1 is 1.24 bits per heavy atom. The molecule has 0 aromatic heterocycles. The van der Waals surface area contributed by atoms with Crippen LogP contribution in [0.25, 0.3) is 0 Å². The minimum atomic E-state index is -1.29. The Kier molecular flexibility index (Phi) is 3.13. The molecule has 0 spiro atoms. The van der Waals surface area contributed by atoms with Crippen molar-refractivity contribution in [2.24, 2.45) is 0 Å². The van der Waals surface area contributed by atoms with Crippen molar-refractivity contribution >= 4 is 17.3 Å². The molecule has 21 heavy (non-hydrogen) atoms. The molecule has 0 radical (unpaired) electrons. The summed E-state index contributed by atoms with van der Waals surface area (Å²) in [5.74, 6) is -0.373. The quantitative estimate of drug-likeness (QED) is 0.502. The molecular formula is C14H11N2O5-. The highest BCUT2D eigenvalue weighted by Gasteiger charge is 2.29. The van der Waals surface area contributed by atoms with Crippen molar-refractivity contribution in [1.82, 2.24) is 0 Å². The zero-order valence-corrected chi connectivity index (χ0v) is 10.7. The van der Waals surface area contributed by atoms with E-state index < -0.39 is 12.3 Å². The van der Waals surface area contributed by atoms with Crippen LogP contribution < -0.4 is 15.8 Å². The first-order valence-corrected chi connectivity index (χ1v) is 6.08. The van der Waals surface area contributed by atoms with Crippen LogP contribution in [0.1, 0.15) is 22.2 Å². The van der Waals surface area contributed by atoms with Gasteiger partial charge in [0.05, 0.1) is 11.3 Å². The molecule has 7 nitrogen and oxygen atoms in total. The molecule has 1 aliphatic rings. The molecule has 7 heteroatoms. The first-order chi connectivity index (χ1) is 10.0.